The van der Waals surface area contributed by atoms with E-state index in [9.17, 15) is 9.50 Å². The summed E-state index contributed by atoms with van der Waals surface area (Å²) in [5.41, 5.74) is 6.60. The van der Waals surface area contributed by atoms with Crippen molar-refractivity contribution in [1.29, 1.82) is 0 Å². The third kappa shape index (κ3) is 3.11. The molecule has 1 fully saturated rings. The van der Waals surface area contributed by atoms with Gasteiger partial charge in [-0.1, -0.05) is 0 Å². The second-order valence-corrected chi connectivity index (χ2v) is 4.85. The van der Waals surface area contributed by atoms with Gasteiger partial charge in [-0.05, 0) is 25.1 Å². The maximum absolute atomic E-state index is 13.8. The average molecular weight is 253 g/mol. The van der Waals surface area contributed by atoms with E-state index in [1.807, 2.05) is 4.90 Å². The number of benzene rings is 1. The standard InChI is InChI=1S/C13H20FN3O/c1-10(18)9-16-4-6-17(7-5-16)13-3-2-11(15)8-12(13)14/h2-3,8,10,18H,4-7,9,15H2,1H3. The van der Waals surface area contributed by atoms with Crippen LogP contribution in [0.3, 0.4) is 0 Å². The maximum atomic E-state index is 13.8. The number of piperazine rings is 1. The minimum Gasteiger partial charge on any atom is -0.399 e. The molecular weight excluding hydrogens is 233 g/mol. The molecule has 0 aliphatic carbocycles. The van der Waals surface area contributed by atoms with Gasteiger partial charge in [0.25, 0.3) is 0 Å². The molecule has 0 radical (unpaired) electrons. The normalized spacial score (nSPS) is 18.9. The minimum absolute atomic E-state index is 0.265. The quantitative estimate of drug-likeness (QED) is 0.786. The van der Waals surface area contributed by atoms with Crippen molar-refractivity contribution in [2.75, 3.05) is 43.4 Å². The Hall–Kier alpha value is -1.33. The molecule has 18 heavy (non-hydrogen) atoms. The molecule has 0 spiro atoms. The van der Waals surface area contributed by atoms with Crippen LogP contribution < -0.4 is 10.6 Å². The van der Waals surface area contributed by atoms with Gasteiger partial charge < -0.3 is 15.7 Å². The lowest BCUT2D eigenvalue weighted by Gasteiger charge is -2.36. The first-order valence-corrected chi connectivity index (χ1v) is 6.26. The van der Waals surface area contributed by atoms with Crippen LogP contribution in [0.25, 0.3) is 0 Å². The smallest absolute Gasteiger partial charge is 0.148 e. The Kier molecular flexibility index (Phi) is 4.04. The van der Waals surface area contributed by atoms with Gasteiger partial charge in [-0.2, -0.15) is 0 Å². The van der Waals surface area contributed by atoms with E-state index in [0.29, 0.717) is 17.9 Å². The number of anilines is 2. The average Bonchev–Trinajstić information content (AvgIpc) is 2.30. The third-order valence-corrected chi connectivity index (χ3v) is 3.21. The summed E-state index contributed by atoms with van der Waals surface area (Å²) in [5.74, 6) is -0.265. The van der Waals surface area contributed by atoms with E-state index in [2.05, 4.69) is 4.90 Å². The second kappa shape index (κ2) is 5.54. The molecule has 1 atom stereocenters. The molecule has 0 bridgehead atoms. The summed E-state index contributed by atoms with van der Waals surface area (Å²) in [6, 6.07) is 4.81. The molecule has 4 nitrogen and oxygen atoms in total. The molecule has 100 valence electrons. The van der Waals surface area contributed by atoms with Gasteiger partial charge in [0.2, 0.25) is 0 Å². The van der Waals surface area contributed by atoms with Crippen LogP contribution in [0.4, 0.5) is 15.8 Å². The predicted molar refractivity (Wildman–Crippen MR) is 71.1 cm³/mol. The Bertz CT molecular complexity index is 403. The fraction of sp³-hybridized carbons (Fsp3) is 0.538. The van der Waals surface area contributed by atoms with Crippen LogP contribution >= 0.6 is 0 Å². The first-order chi connectivity index (χ1) is 8.56. The molecule has 1 saturated heterocycles. The highest BCUT2D eigenvalue weighted by molar-refractivity contribution is 5.54. The SMILES string of the molecule is CC(O)CN1CCN(c2ccc(N)cc2F)CC1. The molecule has 0 amide bonds. The van der Waals surface area contributed by atoms with Gasteiger partial charge in [-0.25, -0.2) is 4.39 Å². The van der Waals surface area contributed by atoms with Gasteiger partial charge in [0.15, 0.2) is 0 Å². The zero-order valence-corrected chi connectivity index (χ0v) is 10.6. The van der Waals surface area contributed by atoms with Crippen molar-refractivity contribution >= 4 is 11.4 Å². The highest BCUT2D eigenvalue weighted by Gasteiger charge is 2.20. The van der Waals surface area contributed by atoms with Crippen molar-refractivity contribution in [3.8, 4) is 0 Å². The van der Waals surface area contributed by atoms with Crippen molar-refractivity contribution in [2.24, 2.45) is 0 Å². The second-order valence-electron chi connectivity index (χ2n) is 4.85. The van der Waals surface area contributed by atoms with E-state index < -0.39 is 0 Å². The number of hydrogen-bond donors (Lipinski definition) is 2. The number of rotatable bonds is 3. The first-order valence-electron chi connectivity index (χ1n) is 6.26. The molecule has 1 heterocycles. The zero-order chi connectivity index (χ0) is 13.1. The molecule has 5 heteroatoms. The summed E-state index contributed by atoms with van der Waals surface area (Å²) in [6.07, 6.45) is -0.315. The van der Waals surface area contributed by atoms with Crippen molar-refractivity contribution < 1.29 is 9.50 Å². The maximum Gasteiger partial charge on any atom is 0.148 e. The summed E-state index contributed by atoms with van der Waals surface area (Å²) >= 11 is 0. The Balaban J connectivity index is 1.97. The van der Waals surface area contributed by atoms with E-state index in [1.165, 1.54) is 6.07 Å². The third-order valence-electron chi connectivity index (χ3n) is 3.21. The molecule has 1 unspecified atom stereocenters. The van der Waals surface area contributed by atoms with Crippen LogP contribution in [0, 0.1) is 5.82 Å². The fourth-order valence-corrected chi connectivity index (χ4v) is 2.32. The van der Waals surface area contributed by atoms with E-state index in [-0.39, 0.29) is 11.9 Å². The lowest BCUT2D eigenvalue weighted by Crippen LogP contribution is -2.48. The van der Waals surface area contributed by atoms with E-state index in [4.69, 9.17) is 5.73 Å². The summed E-state index contributed by atoms with van der Waals surface area (Å²) < 4.78 is 13.8. The Morgan fingerprint density at radius 1 is 1.33 bits per heavy atom. The monoisotopic (exact) mass is 253 g/mol. The molecule has 2 rings (SSSR count). The lowest BCUT2D eigenvalue weighted by molar-refractivity contribution is 0.122. The Labute approximate surface area is 107 Å². The van der Waals surface area contributed by atoms with Crippen molar-refractivity contribution in [3.63, 3.8) is 0 Å². The number of β-amino-alcohol motifs (C(OH)–C–C–N with tert-alkyl or cyclic N) is 1. The number of aliphatic hydroxyl groups is 1. The number of nitrogens with zero attached hydrogens (tertiary/aromatic N) is 2. The van der Waals surface area contributed by atoms with Gasteiger partial charge >= 0.3 is 0 Å². The molecule has 0 aromatic heterocycles. The van der Waals surface area contributed by atoms with Crippen LogP contribution in [-0.4, -0.2) is 48.8 Å². The number of halogens is 1. The van der Waals surface area contributed by atoms with Crippen LogP contribution in [0.15, 0.2) is 18.2 Å². The Morgan fingerprint density at radius 3 is 2.56 bits per heavy atom. The lowest BCUT2D eigenvalue weighted by atomic mass is 10.2. The van der Waals surface area contributed by atoms with Crippen LogP contribution in [0.5, 0.6) is 0 Å². The molecule has 0 saturated carbocycles. The molecule has 1 aromatic carbocycles. The van der Waals surface area contributed by atoms with Crippen molar-refractivity contribution in [3.05, 3.63) is 24.0 Å². The molecule has 3 N–H and O–H groups in total. The van der Waals surface area contributed by atoms with Gasteiger partial charge in [-0.3, -0.25) is 4.90 Å². The summed E-state index contributed by atoms with van der Waals surface area (Å²) in [6.45, 7) is 5.69. The molecule has 1 aliphatic heterocycles. The topological polar surface area (TPSA) is 52.7 Å². The van der Waals surface area contributed by atoms with Gasteiger partial charge in [0.1, 0.15) is 5.82 Å². The van der Waals surface area contributed by atoms with E-state index in [1.54, 1.807) is 19.1 Å². The summed E-state index contributed by atoms with van der Waals surface area (Å²) in [4.78, 5) is 4.21. The van der Waals surface area contributed by atoms with Crippen LogP contribution in [0.2, 0.25) is 0 Å². The Morgan fingerprint density at radius 2 is 2.00 bits per heavy atom. The van der Waals surface area contributed by atoms with Gasteiger partial charge in [0.05, 0.1) is 11.8 Å². The summed E-state index contributed by atoms with van der Waals surface area (Å²) in [5, 5.41) is 9.33. The first kappa shape index (κ1) is 13.1. The molecular formula is C13H20FN3O. The van der Waals surface area contributed by atoms with Crippen molar-refractivity contribution in [1.82, 2.24) is 4.90 Å². The summed E-state index contributed by atoms with van der Waals surface area (Å²) in [7, 11) is 0. The van der Waals surface area contributed by atoms with Crippen molar-refractivity contribution in [2.45, 2.75) is 13.0 Å². The number of nitrogens with two attached hydrogens (primary N) is 1. The van der Waals surface area contributed by atoms with E-state index >= 15 is 0 Å². The number of hydrogen-bond acceptors (Lipinski definition) is 4. The van der Waals surface area contributed by atoms with Gasteiger partial charge in [0, 0.05) is 38.4 Å². The zero-order valence-electron chi connectivity index (χ0n) is 10.6. The highest BCUT2D eigenvalue weighted by atomic mass is 19.1. The highest BCUT2D eigenvalue weighted by Crippen LogP contribution is 2.22. The number of nitrogen functional groups attached to an aromatic ring is 1. The van der Waals surface area contributed by atoms with Crippen LogP contribution in [0.1, 0.15) is 6.92 Å². The van der Waals surface area contributed by atoms with Crippen LogP contribution in [-0.2, 0) is 0 Å². The molecule has 1 aliphatic rings. The minimum atomic E-state index is -0.315. The van der Waals surface area contributed by atoms with Gasteiger partial charge in [-0.15, -0.1) is 0 Å². The number of aliphatic hydroxyl groups excluding tert-OH is 1. The van der Waals surface area contributed by atoms with E-state index in [0.717, 1.165) is 26.2 Å². The molecule has 1 aromatic rings. The predicted octanol–water partition coefficient (Wildman–Crippen LogP) is 0.911. The largest absolute Gasteiger partial charge is 0.399 e. The fourth-order valence-electron chi connectivity index (χ4n) is 2.32.